The highest BCUT2D eigenvalue weighted by molar-refractivity contribution is 7.89. The average molecular weight is 436 g/mol. The summed E-state index contributed by atoms with van der Waals surface area (Å²) in [6, 6.07) is 11.3. The van der Waals surface area contributed by atoms with E-state index >= 15 is 0 Å². The van der Waals surface area contributed by atoms with Crippen molar-refractivity contribution in [1.29, 1.82) is 0 Å². The van der Waals surface area contributed by atoms with Gasteiger partial charge in [-0.25, -0.2) is 13.4 Å². The fraction of sp³-hybridized carbons (Fsp3) is 0.450. The van der Waals surface area contributed by atoms with E-state index in [1.54, 1.807) is 27.8 Å². The van der Waals surface area contributed by atoms with Gasteiger partial charge in [-0.05, 0) is 37.0 Å². The second-order valence-electron chi connectivity index (χ2n) is 6.94. The topological polar surface area (TPSA) is 77.0 Å². The van der Waals surface area contributed by atoms with Gasteiger partial charge in [-0.15, -0.1) is 11.3 Å². The van der Waals surface area contributed by atoms with Crippen molar-refractivity contribution < 1.29 is 8.42 Å². The molecule has 1 aliphatic rings. The van der Waals surface area contributed by atoms with Gasteiger partial charge in [-0.3, -0.25) is 0 Å². The molecule has 0 aliphatic carbocycles. The predicted molar refractivity (Wildman–Crippen MR) is 119 cm³/mol. The van der Waals surface area contributed by atoms with Gasteiger partial charge < -0.3 is 15.5 Å². The number of nitrogens with one attached hydrogen (secondary N) is 2. The third-order valence-corrected chi connectivity index (χ3v) is 7.69. The van der Waals surface area contributed by atoms with Crippen molar-refractivity contribution in [3.05, 3.63) is 52.2 Å². The second-order valence-corrected chi connectivity index (χ2v) is 9.88. The number of benzene rings is 1. The third kappa shape index (κ3) is 5.79. The molecule has 0 atom stereocenters. The highest BCUT2D eigenvalue weighted by Crippen LogP contribution is 2.22. The monoisotopic (exact) mass is 435 g/mol. The molecule has 9 heteroatoms. The van der Waals surface area contributed by atoms with Crippen molar-refractivity contribution in [2.24, 2.45) is 4.99 Å². The normalized spacial score (nSPS) is 16.7. The molecule has 7 nitrogen and oxygen atoms in total. The van der Waals surface area contributed by atoms with Gasteiger partial charge in [0, 0.05) is 37.6 Å². The minimum absolute atomic E-state index is 0.295. The van der Waals surface area contributed by atoms with Crippen LogP contribution >= 0.6 is 11.3 Å². The van der Waals surface area contributed by atoms with Gasteiger partial charge in [0.05, 0.1) is 18.0 Å². The van der Waals surface area contributed by atoms with Crippen molar-refractivity contribution >= 4 is 27.3 Å². The molecule has 0 spiro atoms. The first-order chi connectivity index (χ1) is 14.0. The quantitative estimate of drug-likeness (QED) is 0.513. The van der Waals surface area contributed by atoms with Crippen molar-refractivity contribution in [2.75, 3.05) is 39.8 Å². The van der Waals surface area contributed by atoms with Crippen LogP contribution in [0, 0.1) is 0 Å². The summed E-state index contributed by atoms with van der Waals surface area (Å²) in [5.41, 5.74) is 0.708. The molecule has 0 amide bonds. The summed E-state index contributed by atoms with van der Waals surface area (Å²) < 4.78 is 28.0. The summed E-state index contributed by atoms with van der Waals surface area (Å²) in [6.45, 7) is 6.25. The van der Waals surface area contributed by atoms with Crippen LogP contribution in [-0.2, 0) is 23.1 Å². The average Bonchev–Trinajstić information content (AvgIpc) is 3.24. The Bertz CT molecular complexity index is 905. The molecule has 1 aromatic heterocycles. The first-order valence-corrected chi connectivity index (χ1v) is 12.1. The number of nitrogens with zero attached hydrogens (tertiary/aromatic N) is 3. The maximum atomic E-state index is 13.2. The third-order valence-electron chi connectivity index (χ3n) is 4.81. The molecule has 1 saturated heterocycles. The first-order valence-electron chi connectivity index (χ1n) is 9.82. The Morgan fingerprint density at radius 2 is 1.86 bits per heavy atom. The first kappa shape index (κ1) is 21.8. The van der Waals surface area contributed by atoms with Crippen LogP contribution in [0.5, 0.6) is 0 Å². The van der Waals surface area contributed by atoms with Crippen LogP contribution in [0.3, 0.4) is 0 Å². The van der Waals surface area contributed by atoms with Crippen molar-refractivity contribution in [3.63, 3.8) is 0 Å². The molecule has 2 aromatic rings. The van der Waals surface area contributed by atoms with Crippen LogP contribution in [0.4, 0.5) is 0 Å². The molecule has 0 bridgehead atoms. The van der Waals surface area contributed by atoms with E-state index in [4.69, 9.17) is 0 Å². The highest BCUT2D eigenvalue weighted by Gasteiger charge is 2.29. The molecule has 0 radical (unpaired) electrons. The highest BCUT2D eigenvalue weighted by atomic mass is 32.2. The van der Waals surface area contributed by atoms with E-state index in [-0.39, 0.29) is 0 Å². The van der Waals surface area contributed by atoms with E-state index < -0.39 is 10.0 Å². The van der Waals surface area contributed by atoms with Gasteiger partial charge >= 0.3 is 0 Å². The molecule has 1 fully saturated rings. The van der Waals surface area contributed by atoms with Gasteiger partial charge in [0.15, 0.2) is 5.96 Å². The number of sulfonamides is 1. The van der Waals surface area contributed by atoms with E-state index in [2.05, 4.69) is 26.6 Å². The van der Waals surface area contributed by atoms with Gasteiger partial charge in [-0.1, -0.05) is 24.3 Å². The second kappa shape index (κ2) is 10.2. The summed E-state index contributed by atoms with van der Waals surface area (Å²) in [5.74, 6) is 0.674. The Morgan fingerprint density at radius 3 is 2.55 bits per heavy atom. The van der Waals surface area contributed by atoms with Gasteiger partial charge in [0.25, 0.3) is 0 Å². The zero-order valence-corrected chi connectivity index (χ0v) is 18.6. The number of piperazine rings is 1. The number of hydrogen-bond donors (Lipinski definition) is 2. The maximum Gasteiger partial charge on any atom is 0.243 e. The van der Waals surface area contributed by atoms with Gasteiger partial charge in [-0.2, -0.15) is 4.31 Å². The number of guanidine groups is 1. The fourth-order valence-corrected chi connectivity index (χ4v) is 5.42. The zero-order valence-electron chi connectivity index (χ0n) is 17.0. The molecule has 0 saturated carbocycles. The molecule has 0 unspecified atom stereocenters. The number of hydrogen-bond acceptors (Lipinski definition) is 5. The Morgan fingerprint density at radius 1 is 1.10 bits per heavy atom. The maximum absolute atomic E-state index is 13.2. The number of thiophene rings is 1. The molecule has 1 aliphatic heterocycles. The summed E-state index contributed by atoms with van der Waals surface area (Å²) in [6.07, 6.45) is 0. The van der Waals surface area contributed by atoms with Crippen LogP contribution in [0.25, 0.3) is 0 Å². The number of rotatable bonds is 7. The van der Waals surface area contributed by atoms with Crippen LogP contribution in [0.15, 0.2) is 51.7 Å². The lowest BCUT2D eigenvalue weighted by atomic mass is 10.2. The Labute approximate surface area is 177 Å². The van der Waals surface area contributed by atoms with Crippen LogP contribution < -0.4 is 10.6 Å². The van der Waals surface area contributed by atoms with Gasteiger partial charge in [0.2, 0.25) is 10.0 Å². The van der Waals surface area contributed by atoms with E-state index in [0.717, 1.165) is 19.6 Å². The van der Waals surface area contributed by atoms with E-state index in [0.29, 0.717) is 42.6 Å². The lowest BCUT2D eigenvalue weighted by molar-refractivity contribution is 0.222. The molecular formula is C20H29N5O2S2. The zero-order chi connectivity index (χ0) is 20.7. The van der Waals surface area contributed by atoms with Crippen molar-refractivity contribution in [2.45, 2.75) is 24.9 Å². The number of aliphatic imine (C=N–C) groups is 1. The predicted octanol–water partition coefficient (Wildman–Crippen LogP) is 1.94. The lowest BCUT2D eigenvalue weighted by Crippen LogP contribution is -2.47. The van der Waals surface area contributed by atoms with Crippen LogP contribution in [0.2, 0.25) is 0 Å². The van der Waals surface area contributed by atoms with E-state index in [1.807, 2.05) is 37.6 Å². The van der Waals surface area contributed by atoms with Crippen LogP contribution in [0.1, 0.15) is 17.4 Å². The smallest absolute Gasteiger partial charge is 0.243 e. The van der Waals surface area contributed by atoms with E-state index in [1.165, 1.54) is 4.88 Å². The molecule has 3 rings (SSSR count). The summed E-state index contributed by atoms with van der Waals surface area (Å²) in [7, 11) is -1.51. The summed E-state index contributed by atoms with van der Waals surface area (Å²) >= 11 is 1.69. The molecule has 2 heterocycles. The minimum atomic E-state index is -3.53. The largest absolute Gasteiger partial charge is 0.357 e. The SMILES string of the molecule is CCNC(=NCc1ccccc1S(=O)(=O)N1CCN(C)CC1)NCc1cccs1. The summed E-state index contributed by atoms with van der Waals surface area (Å²) in [4.78, 5) is 8.33. The molecule has 158 valence electrons. The van der Waals surface area contributed by atoms with E-state index in [9.17, 15) is 8.42 Å². The summed E-state index contributed by atoms with van der Waals surface area (Å²) in [5, 5.41) is 8.57. The molecule has 2 N–H and O–H groups in total. The Hall–Kier alpha value is -1.94. The van der Waals surface area contributed by atoms with Crippen molar-refractivity contribution in [1.82, 2.24) is 19.8 Å². The Balaban J connectivity index is 1.75. The Kier molecular flexibility index (Phi) is 7.65. The minimum Gasteiger partial charge on any atom is -0.357 e. The standard InChI is InChI=1S/C20H29N5O2S2/c1-3-21-20(23-16-18-8-6-14-28-18)22-15-17-7-4-5-9-19(17)29(26,27)25-12-10-24(2)11-13-25/h4-9,14H,3,10-13,15-16H2,1-2H3,(H2,21,22,23). The molecule has 1 aromatic carbocycles. The number of likely N-dealkylation sites (N-methyl/N-ethyl adjacent to an activating group) is 1. The lowest BCUT2D eigenvalue weighted by Gasteiger charge is -2.32. The van der Waals surface area contributed by atoms with Gasteiger partial charge in [0.1, 0.15) is 0 Å². The molecular weight excluding hydrogens is 406 g/mol. The van der Waals surface area contributed by atoms with Crippen molar-refractivity contribution in [3.8, 4) is 0 Å². The van der Waals surface area contributed by atoms with Crippen LogP contribution in [-0.4, -0.2) is 63.4 Å². The fourth-order valence-electron chi connectivity index (χ4n) is 3.14. The molecule has 29 heavy (non-hydrogen) atoms.